The molecule has 8 nitrogen and oxygen atoms in total. The molecular formula is C23H21Cl3N4O4. The lowest BCUT2D eigenvalue weighted by molar-refractivity contribution is -0.121. The first kappa shape index (κ1) is 24.5. The van der Waals surface area contributed by atoms with Crippen LogP contribution >= 0.6 is 34.8 Å². The number of amides is 1. The van der Waals surface area contributed by atoms with Crippen molar-refractivity contribution >= 4 is 52.4 Å². The number of benzene rings is 2. The van der Waals surface area contributed by atoms with Crippen LogP contribution in [0.25, 0.3) is 11.4 Å². The molecule has 0 saturated carbocycles. The maximum atomic E-state index is 12.8. The van der Waals surface area contributed by atoms with Crippen molar-refractivity contribution < 1.29 is 18.8 Å². The van der Waals surface area contributed by atoms with Crippen molar-refractivity contribution in [3.05, 3.63) is 62.9 Å². The van der Waals surface area contributed by atoms with E-state index in [-0.39, 0.29) is 11.8 Å². The van der Waals surface area contributed by atoms with E-state index in [1.54, 1.807) is 30.3 Å². The van der Waals surface area contributed by atoms with E-state index < -0.39 is 5.97 Å². The van der Waals surface area contributed by atoms with Crippen molar-refractivity contribution in [3.63, 3.8) is 0 Å². The van der Waals surface area contributed by atoms with Gasteiger partial charge in [0.2, 0.25) is 17.6 Å². The van der Waals surface area contributed by atoms with Crippen molar-refractivity contribution in [1.29, 1.82) is 0 Å². The highest BCUT2D eigenvalue weighted by molar-refractivity contribution is 6.36. The Kier molecular flexibility index (Phi) is 7.73. The number of nitrogens with one attached hydrogen (secondary N) is 1. The molecule has 3 aromatic rings. The third-order valence-electron chi connectivity index (χ3n) is 5.60. The molecule has 0 spiro atoms. The Morgan fingerprint density at radius 1 is 1.12 bits per heavy atom. The highest BCUT2D eigenvalue weighted by Gasteiger charge is 2.27. The van der Waals surface area contributed by atoms with Gasteiger partial charge in [-0.25, -0.2) is 4.79 Å². The summed E-state index contributed by atoms with van der Waals surface area (Å²) < 4.78 is 10.1. The Morgan fingerprint density at radius 2 is 1.88 bits per heavy atom. The number of likely N-dealkylation sites (tertiary alicyclic amines) is 1. The van der Waals surface area contributed by atoms with Gasteiger partial charge < -0.3 is 14.6 Å². The van der Waals surface area contributed by atoms with Crippen molar-refractivity contribution in [3.8, 4) is 11.4 Å². The molecule has 34 heavy (non-hydrogen) atoms. The highest BCUT2D eigenvalue weighted by Crippen LogP contribution is 2.29. The van der Waals surface area contributed by atoms with Crippen LogP contribution in [0.1, 0.15) is 29.1 Å². The Balaban J connectivity index is 1.32. The molecular weight excluding hydrogens is 503 g/mol. The van der Waals surface area contributed by atoms with Gasteiger partial charge in [0.25, 0.3) is 0 Å². The molecule has 0 unspecified atom stereocenters. The van der Waals surface area contributed by atoms with E-state index in [2.05, 4.69) is 20.4 Å². The van der Waals surface area contributed by atoms with Crippen molar-refractivity contribution in [2.24, 2.45) is 5.92 Å². The number of halogens is 3. The minimum atomic E-state index is -0.497. The predicted molar refractivity (Wildman–Crippen MR) is 129 cm³/mol. The van der Waals surface area contributed by atoms with Gasteiger partial charge in [-0.15, -0.1) is 0 Å². The molecule has 0 bridgehead atoms. The summed E-state index contributed by atoms with van der Waals surface area (Å²) in [5.41, 5.74) is 1.35. The van der Waals surface area contributed by atoms with Gasteiger partial charge in [-0.05, 0) is 62.3 Å². The van der Waals surface area contributed by atoms with E-state index in [9.17, 15) is 9.59 Å². The quantitative estimate of drug-likeness (QED) is 0.436. The van der Waals surface area contributed by atoms with E-state index in [0.29, 0.717) is 76.1 Å². The van der Waals surface area contributed by atoms with Gasteiger partial charge >= 0.3 is 5.97 Å². The number of hydrogen-bond donors (Lipinski definition) is 1. The summed E-state index contributed by atoms with van der Waals surface area (Å²) in [6, 6.07) is 9.71. The number of piperidine rings is 1. The summed E-state index contributed by atoms with van der Waals surface area (Å²) >= 11 is 18.4. The minimum Gasteiger partial charge on any atom is -0.465 e. The van der Waals surface area contributed by atoms with E-state index in [0.717, 1.165) is 0 Å². The van der Waals surface area contributed by atoms with Crippen LogP contribution in [0, 0.1) is 5.92 Å². The van der Waals surface area contributed by atoms with E-state index >= 15 is 0 Å². The number of nitrogens with zero attached hydrogens (tertiary/aromatic N) is 3. The molecule has 178 valence electrons. The van der Waals surface area contributed by atoms with Gasteiger partial charge in [0.15, 0.2) is 0 Å². The molecule has 4 rings (SSSR count). The maximum Gasteiger partial charge on any atom is 0.337 e. The van der Waals surface area contributed by atoms with Crippen LogP contribution in [0.15, 0.2) is 40.9 Å². The predicted octanol–water partition coefficient (Wildman–Crippen LogP) is 5.33. The number of esters is 1. The van der Waals surface area contributed by atoms with Gasteiger partial charge in [0.1, 0.15) is 0 Å². The first-order valence-corrected chi connectivity index (χ1v) is 11.7. The lowest BCUT2D eigenvalue weighted by atomic mass is 9.95. The van der Waals surface area contributed by atoms with Gasteiger partial charge in [-0.3, -0.25) is 9.69 Å². The molecule has 1 saturated heterocycles. The number of rotatable bonds is 6. The van der Waals surface area contributed by atoms with Gasteiger partial charge in [-0.2, -0.15) is 4.98 Å². The zero-order valence-electron chi connectivity index (χ0n) is 18.2. The summed E-state index contributed by atoms with van der Waals surface area (Å²) in [7, 11) is 1.30. The molecule has 11 heteroatoms. The Bertz CT molecular complexity index is 1210. The second-order valence-electron chi connectivity index (χ2n) is 7.86. The van der Waals surface area contributed by atoms with Crippen molar-refractivity contribution in [1.82, 2.24) is 15.0 Å². The standard InChI is InChI=1S/C23H21Cl3N4O4/c1-33-23(32)14-2-5-17(25)19(10-14)27-22(31)13-6-8-30(9-7-13)12-20-28-21(29-34-20)16-4-3-15(24)11-18(16)26/h2-5,10-11,13H,6-9,12H2,1H3,(H,27,31). The second kappa shape index (κ2) is 10.7. The zero-order valence-corrected chi connectivity index (χ0v) is 20.5. The SMILES string of the molecule is COC(=O)c1ccc(Cl)c(NC(=O)C2CCN(Cc3nc(-c4ccc(Cl)cc4Cl)no3)CC2)c1. The maximum absolute atomic E-state index is 12.8. The summed E-state index contributed by atoms with van der Waals surface area (Å²) in [4.78, 5) is 31.1. The van der Waals surface area contributed by atoms with Crippen LogP contribution in [-0.4, -0.2) is 47.1 Å². The minimum absolute atomic E-state index is 0.138. The lowest BCUT2D eigenvalue weighted by Crippen LogP contribution is -2.37. The topological polar surface area (TPSA) is 97.6 Å². The molecule has 1 amide bonds. The fraction of sp³-hybridized carbons (Fsp3) is 0.304. The summed E-state index contributed by atoms with van der Waals surface area (Å²) in [6.07, 6.45) is 1.31. The zero-order chi connectivity index (χ0) is 24.2. The lowest BCUT2D eigenvalue weighted by Gasteiger charge is -2.30. The van der Waals surface area contributed by atoms with E-state index in [1.165, 1.54) is 13.2 Å². The van der Waals surface area contributed by atoms with Crippen LogP contribution in [0.3, 0.4) is 0 Å². The highest BCUT2D eigenvalue weighted by atomic mass is 35.5. The van der Waals surface area contributed by atoms with Gasteiger partial charge in [0.05, 0.1) is 35.0 Å². The van der Waals surface area contributed by atoms with Crippen LogP contribution in [-0.2, 0) is 16.1 Å². The molecule has 0 aliphatic carbocycles. The van der Waals surface area contributed by atoms with Gasteiger partial charge in [-0.1, -0.05) is 40.0 Å². The third kappa shape index (κ3) is 5.70. The number of ether oxygens (including phenoxy) is 1. The molecule has 2 aromatic carbocycles. The number of carbonyl (C=O) groups is 2. The Labute approximate surface area is 211 Å². The number of methoxy groups -OCH3 is 1. The van der Waals surface area contributed by atoms with Crippen LogP contribution < -0.4 is 5.32 Å². The van der Waals surface area contributed by atoms with Gasteiger partial charge in [0, 0.05) is 16.5 Å². The number of carbonyl (C=O) groups excluding carboxylic acids is 2. The first-order valence-electron chi connectivity index (χ1n) is 10.5. The average Bonchev–Trinajstić information content (AvgIpc) is 3.28. The first-order chi connectivity index (χ1) is 16.3. The smallest absolute Gasteiger partial charge is 0.337 e. The molecule has 1 aliphatic rings. The molecule has 0 atom stereocenters. The van der Waals surface area contributed by atoms with Crippen molar-refractivity contribution in [2.75, 3.05) is 25.5 Å². The molecule has 2 heterocycles. The molecule has 1 aromatic heterocycles. The van der Waals surface area contributed by atoms with Crippen molar-refractivity contribution in [2.45, 2.75) is 19.4 Å². The monoisotopic (exact) mass is 522 g/mol. The number of hydrogen-bond acceptors (Lipinski definition) is 7. The molecule has 1 N–H and O–H groups in total. The molecule has 1 aliphatic heterocycles. The Hall–Kier alpha value is -2.65. The van der Waals surface area contributed by atoms with Crippen LogP contribution in [0.5, 0.6) is 0 Å². The molecule has 1 fully saturated rings. The Morgan fingerprint density at radius 3 is 2.59 bits per heavy atom. The normalized spacial score (nSPS) is 14.7. The fourth-order valence-electron chi connectivity index (χ4n) is 3.74. The summed E-state index contributed by atoms with van der Waals surface area (Å²) in [5.74, 6) is 0.0524. The van der Waals surface area contributed by atoms with E-state index in [4.69, 9.17) is 44.1 Å². The summed E-state index contributed by atoms with van der Waals surface area (Å²) in [6.45, 7) is 1.85. The average molecular weight is 524 g/mol. The van der Waals surface area contributed by atoms with E-state index in [1.807, 2.05) is 0 Å². The third-order valence-corrected chi connectivity index (χ3v) is 6.48. The van der Waals surface area contributed by atoms with Crippen LogP contribution in [0.2, 0.25) is 15.1 Å². The summed E-state index contributed by atoms with van der Waals surface area (Å²) in [5, 5.41) is 8.18. The largest absolute Gasteiger partial charge is 0.465 e. The fourth-order valence-corrected chi connectivity index (χ4v) is 4.40. The molecule has 0 radical (unpaired) electrons. The second-order valence-corrected chi connectivity index (χ2v) is 9.11. The van der Waals surface area contributed by atoms with Crippen LogP contribution in [0.4, 0.5) is 5.69 Å². The number of aromatic nitrogens is 2. The number of anilines is 1.